The first-order chi connectivity index (χ1) is 8.81. The summed E-state index contributed by atoms with van der Waals surface area (Å²) in [5, 5.41) is 17.3. The van der Waals surface area contributed by atoms with E-state index in [0.717, 1.165) is 12.1 Å². The summed E-state index contributed by atoms with van der Waals surface area (Å²) >= 11 is 5.61. The lowest BCUT2D eigenvalue weighted by molar-refractivity contribution is -0.140. The summed E-state index contributed by atoms with van der Waals surface area (Å²) < 4.78 is 13.5. The number of hydrogen-bond donors (Lipinski definition) is 2. The van der Waals surface area contributed by atoms with Crippen LogP contribution in [0.5, 0.6) is 0 Å². The maximum absolute atomic E-state index is 13.5. The molecule has 0 radical (unpaired) electrons. The maximum atomic E-state index is 13.5. The Labute approximate surface area is 112 Å². The van der Waals surface area contributed by atoms with Crippen molar-refractivity contribution in [2.45, 2.75) is 0 Å². The fourth-order valence-electron chi connectivity index (χ4n) is 1.36. The lowest BCUT2D eigenvalue weighted by atomic mass is 10.2. The zero-order chi connectivity index (χ0) is 14.6. The molecule has 19 heavy (non-hydrogen) atoms. The average molecular weight is 290 g/mol. The van der Waals surface area contributed by atoms with Gasteiger partial charge in [0.2, 0.25) is 0 Å². The van der Waals surface area contributed by atoms with Gasteiger partial charge in [0.1, 0.15) is 18.9 Å². The third kappa shape index (κ3) is 4.22. The van der Waals surface area contributed by atoms with E-state index in [1.54, 1.807) is 0 Å². The minimum absolute atomic E-state index is 0.0790. The van der Waals surface area contributed by atoms with Crippen molar-refractivity contribution >= 4 is 29.4 Å². The fourth-order valence-corrected chi connectivity index (χ4v) is 1.53. The number of carbonyl (C=O) groups is 3. The van der Waals surface area contributed by atoms with Crippen molar-refractivity contribution in [2.75, 3.05) is 13.1 Å². The van der Waals surface area contributed by atoms with Crippen LogP contribution in [0.4, 0.5) is 4.39 Å². The smallest absolute Gasteiger partial charge is 0.323 e. The van der Waals surface area contributed by atoms with Gasteiger partial charge in [0, 0.05) is 5.02 Å². The topological polar surface area (TPSA) is 94.9 Å². The van der Waals surface area contributed by atoms with Gasteiger partial charge in [-0.2, -0.15) is 0 Å². The predicted molar refractivity (Wildman–Crippen MR) is 62.6 cm³/mol. The Kier molecular flexibility index (Phi) is 4.82. The molecule has 0 aromatic heterocycles. The number of carboxylic acid groups (broad SMARTS) is 2. The Morgan fingerprint density at radius 1 is 1.16 bits per heavy atom. The molecule has 0 saturated carbocycles. The van der Waals surface area contributed by atoms with E-state index in [2.05, 4.69) is 0 Å². The summed E-state index contributed by atoms with van der Waals surface area (Å²) in [5.74, 6) is -4.77. The predicted octanol–water partition coefficient (Wildman–Crippen LogP) is 1.09. The monoisotopic (exact) mass is 289 g/mol. The Morgan fingerprint density at radius 2 is 1.68 bits per heavy atom. The van der Waals surface area contributed by atoms with Crippen molar-refractivity contribution in [1.82, 2.24) is 4.90 Å². The summed E-state index contributed by atoms with van der Waals surface area (Å²) in [6, 6.07) is 3.16. The van der Waals surface area contributed by atoms with Gasteiger partial charge in [0.05, 0.1) is 5.56 Å². The molecule has 0 unspecified atom stereocenters. The van der Waals surface area contributed by atoms with Crippen LogP contribution in [-0.2, 0) is 9.59 Å². The molecule has 1 amide bonds. The van der Waals surface area contributed by atoms with Gasteiger partial charge in [0.15, 0.2) is 0 Å². The number of hydrogen-bond acceptors (Lipinski definition) is 3. The van der Waals surface area contributed by atoms with Gasteiger partial charge in [-0.3, -0.25) is 14.4 Å². The molecule has 0 aliphatic rings. The molecule has 1 aromatic carbocycles. The largest absolute Gasteiger partial charge is 0.480 e. The highest BCUT2D eigenvalue weighted by Gasteiger charge is 2.23. The van der Waals surface area contributed by atoms with Crippen LogP contribution in [0.3, 0.4) is 0 Å². The average Bonchev–Trinajstić information content (AvgIpc) is 2.29. The third-order valence-electron chi connectivity index (χ3n) is 2.10. The number of nitrogens with zero attached hydrogens (tertiary/aromatic N) is 1. The van der Waals surface area contributed by atoms with Crippen LogP contribution in [0, 0.1) is 5.82 Å². The van der Waals surface area contributed by atoms with Gasteiger partial charge in [0.25, 0.3) is 5.91 Å². The normalized spacial score (nSPS) is 10.0. The molecular formula is C11H9ClFNO5. The van der Waals surface area contributed by atoms with Gasteiger partial charge >= 0.3 is 11.9 Å². The first-order valence-corrected chi connectivity index (χ1v) is 5.37. The summed E-state index contributed by atoms with van der Waals surface area (Å²) in [5.41, 5.74) is -0.477. The van der Waals surface area contributed by atoms with E-state index in [1.165, 1.54) is 6.07 Å². The SMILES string of the molecule is O=C(O)CN(CC(=O)O)C(=O)c1cc(Cl)ccc1F. The molecule has 1 aromatic rings. The summed E-state index contributed by atoms with van der Waals surface area (Å²) in [6.45, 7) is -1.70. The van der Waals surface area contributed by atoms with Gasteiger partial charge in [-0.25, -0.2) is 4.39 Å². The highest BCUT2D eigenvalue weighted by molar-refractivity contribution is 6.31. The van der Waals surface area contributed by atoms with Gasteiger partial charge in [-0.05, 0) is 18.2 Å². The molecule has 2 N–H and O–H groups in total. The number of amides is 1. The molecule has 0 heterocycles. The Morgan fingerprint density at radius 3 is 2.16 bits per heavy atom. The first-order valence-electron chi connectivity index (χ1n) is 4.99. The molecule has 0 fully saturated rings. The minimum atomic E-state index is -1.41. The van der Waals surface area contributed by atoms with Crippen LogP contribution in [0.15, 0.2) is 18.2 Å². The number of carbonyl (C=O) groups excluding carboxylic acids is 1. The molecule has 0 bridgehead atoms. The van der Waals surface area contributed by atoms with Gasteiger partial charge in [-0.15, -0.1) is 0 Å². The number of aliphatic carboxylic acids is 2. The molecule has 102 valence electrons. The van der Waals surface area contributed by atoms with Crippen LogP contribution >= 0.6 is 11.6 Å². The standard InChI is InChI=1S/C11H9ClFNO5/c12-6-1-2-8(13)7(3-6)11(19)14(4-9(15)16)5-10(17)18/h1-3H,4-5H2,(H,15,16)(H,17,18). The number of carboxylic acids is 2. The van der Waals surface area contributed by atoms with Gasteiger partial charge < -0.3 is 15.1 Å². The van der Waals surface area contributed by atoms with Crippen molar-refractivity contribution in [1.29, 1.82) is 0 Å². The van der Waals surface area contributed by atoms with E-state index in [-0.39, 0.29) is 5.02 Å². The zero-order valence-corrected chi connectivity index (χ0v) is 10.2. The van der Waals surface area contributed by atoms with Crippen LogP contribution in [0.1, 0.15) is 10.4 Å². The van der Waals surface area contributed by atoms with Crippen LogP contribution in [0.2, 0.25) is 5.02 Å². The molecule has 6 nitrogen and oxygen atoms in total. The highest BCUT2D eigenvalue weighted by Crippen LogP contribution is 2.16. The van der Waals surface area contributed by atoms with E-state index in [1.807, 2.05) is 0 Å². The first kappa shape index (κ1) is 14.9. The third-order valence-corrected chi connectivity index (χ3v) is 2.33. The molecule has 0 atom stereocenters. The van der Waals surface area contributed by atoms with E-state index in [0.29, 0.717) is 4.90 Å². The van der Waals surface area contributed by atoms with Crippen molar-refractivity contribution < 1.29 is 29.0 Å². The molecule has 1 rings (SSSR count). The van der Waals surface area contributed by atoms with Crippen LogP contribution < -0.4 is 0 Å². The minimum Gasteiger partial charge on any atom is -0.480 e. The number of benzene rings is 1. The second-order valence-electron chi connectivity index (χ2n) is 3.57. The fraction of sp³-hybridized carbons (Fsp3) is 0.182. The van der Waals surface area contributed by atoms with Crippen molar-refractivity contribution in [3.63, 3.8) is 0 Å². The van der Waals surface area contributed by atoms with E-state index >= 15 is 0 Å². The lowest BCUT2D eigenvalue weighted by Gasteiger charge is -2.18. The Balaban J connectivity index is 3.07. The van der Waals surface area contributed by atoms with Crippen molar-refractivity contribution in [3.05, 3.63) is 34.6 Å². The molecular weight excluding hydrogens is 281 g/mol. The molecule has 0 saturated heterocycles. The quantitative estimate of drug-likeness (QED) is 0.846. The van der Waals surface area contributed by atoms with Crippen LogP contribution in [0.25, 0.3) is 0 Å². The van der Waals surface area contributed by atoms with E-state index in [4.69, 9.17) is 21.8 Å². The Bertz CT molecular complexity index is 518. The van der Waals surface area contributed by atoms with Gasteiger partial charge in [-0.1, -0.05) is 11.6 Å². The second kappa shape index (κ2) is 6.14. The molecule has 0 aliphatic carbocycles. The summed E-state index contributed by atoms with van der Waals surface area (Å²) in [4.78, 5) is 33.5. The highest BCUT2D eigenvalue weighted by atomic mass is 35.5. The molecule has 0 spiro atoms. The van der Waals surface area contributed by atoms with Crippen LogP contribution in [-0.4, -0.2) is 46.0 Å². The molecule has 8 heteroatoms. The van der Waals surface area contributed by atoms with Crippen molar-refractivity contribution in [2.24, 2.45) is 0 Å². The zero-order valence-electron chi connectivity index (χ0n) is 9.47. The summed E-state index contributed by atoms with van der Waals surface area (Å²) in [7, 11) is 0. The Hall–Kier alpha value is -2.15. The second-order valence-corrected chi connectivity index (χ2v) is 4.01. The summed E-state index contributed by atoms with van der Waals surface area (Å²) in [6.07, 6.45) is 0. The van der Waals surface area contributed by atoms with E-state index < -0.39 is 42.3 Å². The number of halogens is 2. The lowest BCUT2D eigenvalue weighted by Crippen LogP contribution is -2.39. The maximum Gasteiger partial charge on any atom is 0.323 e. The molecule has 0 aliphatic heterocycles. The number of rotatable bonds is 5. The van der Waals surface area contributed by atoms with E-state index in [9.17, 15) is 18.8 Å². The van der Waals surface area contributed by atoms with Crippen molar-refractivity contribution in [3.8, 4) is 0 Å².